The van der Waals surface area contributed by atoms with Crippen molar-refractivity contribution in [1.29, 1.82) is 0 Å². The fourth-order valence-corrected chi connectivity index (χ4v) is 5.22. The Morgan fingerprint density at radius 1 is 1.05 bits per heavy atom. The molecule has 0 saturated heterocycles. The van der Waals surface area contributed by atoms with Gasteiger partial charge in [0, 0.05) is 18.6 Å². The summed E-state index contributed by atoms with van der Waals surface area (Å²) in [5.74, 6) is 1.25. The standard InChI is InChI=1S/C28H28ClN3O4S/c1-18(26(33)31(2)15-14-19-12-13-24(35-3)25(16-19)36-4)37-28-30-23-11-6-5-10-22(23)27(34)32(28)21-9-7-8-20(29)17-21/h5-13,16-18H,14-15H2,1-4H3. The molecule has 0 aliphatic carbocycles. The molecule has 4 rings (SSSR count). The van der Waals surface area contributed by atoms with Gasteiger partial charge in [0.15, 0.2) is 16.7 Å². The minimum atomic E-state index is -0.478. The van der Waals surface area contributed by atoms with E-state index in [1.807, 2.05) is 31.2 Å². The monoisotopic (exact) mass is 537 g/mol. The van der Waals surface area contributed by atoms with E-state index in [4.69, 9.17) is 26.1 Å². The molecule has 1 heterocycles. The van der Waals surface area contributed by atoms with Crippen LogP contribution in [0.4, 0.5) is 0 Å². The van der Waals surface area contributed by atoms with Gasteiger partial charge >= 0.3 is 0 Å². The average Bonchev–Trinajstić information content (AvgIpc) is 2.91. The van der Waals surface area contributed by atoms with Gasteiger partial charge in [0.25, 0.3) is 5.56 Å². The van der Waals surface area contributed by atoms with Gasteiger partial charge in [0.1, 0.15) is 0 Å². The Bertz CT molecular complexity index is 1490. The van der Waals surface area contributed by atoms with E-state index in [0.717, 1.165) is 5.56 Å². The first kappa shape index (κ1) is 26.6. The lowest BCUT2D eigenvalue weighted by atomic mass is 10.1. The third kappa shape index (κ3) is 5.92. The molecule has 0 aliphatic heterocycles. The summed E-state index contributed by atoms with van der Waals surface area (Å²) in [6.45, 7) is 2.34. The minimum absolute atomic E-state index is 0.0643. The summed E-state index contributed by atoms with van der Waals surface area (Å²) in [5.41, 5.74) is 2.00. The molecule has 0 N–H and O–H groups in total. The largest absolute Gasteiger partial charge is 0.493 e. The molecule has 1 aromatic heterocycles. The molecular weight excluding hydrogens is 510 g/mol. The Morgan fingerprint density at radius 2 is 1.81 bits per heavy atom. The van der Waals surface area contributed by atoms with Crippen molar-refractivity contribution in [2.45, 2.75) is 23.8 Å². The first-order valence-corrected chi connectivity index (χ1v) is 13.0. The van der Waals surface area contributed by atoms with E-state index in [9.17, 15) is 9.59 Å². The predicted octanol–water partition coefficient (Wildman–Crippen LogP) is 5.24. The summed E-state index contributed by atoms with van der Waals surface area (Å²) in [7, 11) is 4.97. The Balaban J connectivity index is 1.56. The fourth-order valence-electron chi connectivity index (χ4n) is 4.00. The summed E-state index contributed by atoms with van der Waals surface area (Å²) in [6.07, 6.45) is 0.654. The van der Waals surface area contributed by atoms with E-state index in [1.165, 1.54) is 16.3 Å². The number of aromatic nitrogens is 2. The summed E-state index contributed by atoms with van der Waals surface area (Å²) in [4.78, 5) is 33.2. The van der Waals surface area contributed by atoms with Crippen LogP contribution in [0.1, 0.15) is 12.5 Å². The van der Waals surface area contributed by atoms with Gasteiger partial charge in [-0.2, -0.15) is 0 Å². The summed E-state index contributed by atoms with van der Waals surface area (Å²) in [6, 6.07) is 20.0. The van der Waals surface area contributed by atoms with Crippen LogP contribution in [0.5, 0.6) is 11.5 Å². The molecule has 4 aromatic rings. The van der Waals surface area contributed by atoms with Crippen LogP contribution in [0.2, 0.25) is 5.02 Å². The molecule has 0 bridgehead atoms. The highest BCUT2D eigenvalue weighted by atomic mass is 35.5. The Labute approximate surface area is 225 Å². The molecule has 9 heteroatoms. The number of fused-ring (bicyclic) bond motifs is 1. The number of rotatable bonds is 9. The van der Waals surface area contributed by atoms with Crippen LogP contribution in [0, 0.1) is 0 Å². The average molecular weight is 538 g/mol. The second-order valence-electron chi connectivity index (χ2n) is 8.49. The third-order valence-electron chi connectivity index (χ3n) is 6.00. The highest BCUT2D eigenvalue weighted by molar-refractivity contribution is 8.00. The lowest BCUT2D eigenvalue weighted by molar-refractivity contribution is -0.129. The number of hydrogen-bond donors (Lipinski definition) is 0. The van der Waals surface area contributed by atoms with Crippen LogP contribution in [-0.2, 0) is 11.2 Å². The molecule has 0 spiro atoms. The van der Waals surface area contributed by atoms with Crippen molar-refractivity contribution in [3.05, 3.63) is 87.7 Å². The minimum Gasteiger partial charge on any atom is -0.493 e. The maximum atomic E-state index is 13.5. The molecule has 1 amide bonds. The van der Waals surface area contributed by atoms with Crippen LogP contribution >= 0.6 is 23.4 Å². The highest BCUT2D eigenvalue weighted by Crippen LogP contribution is 2.29. The van der Waals surface area contributed by atoms with Crippen molar-refractivity contribution >= 4 is 40.2 Å². The SMILES string of the molecule is COc1ccc(CCN(C)C(=O)C(C)Sc2nc3ccccc3c(=O)n2-c2cccc(Cl)c2)cc1OC. The van der Waals surface area contributed by atoms with Crippen molar-refractivity contribution in [1.82, 2.24) is 14.5 Å². The quantitative estimate of drug-likeness (QED) is 0.215. The van der Waals surface area contributed by atoms with Gasteiger partial charge in [-0.05, 0) is 61.4 Å². The van der Waals surface area contributed by atoms with Gasteiger partial charge in [-0.3, -0.25) is 14.2 Å². The Hall–Kier alpha value is -3.49. The molecule has 0 fully saturated rings. The molecule has 0 aliphatic rings. The number of ether oxygens (including phenoxy) is 2. The number of methoxy groups -OCH3 is 2. The number of carbonyl (C=O) groups is 1. The number of nitrogens with zero attached hydrogens (tertiary/aromatic N) is 3. The van der Waals surface area contributed by atoms with Crippen LogP contribution in [0.15, 0.2) is 76.7 Å². The molecule has 0 radical (unpaired) electrons. The van der Waals surface area contributed by atoms with Crippen molar-refractivity contribution in [2.75, 3.05) is 27.8 Å². The van der Waals surface area contributed by atoms with E-state index in [1.54, 1.807) is 68.6 Å². The maximum Gasteiger partial charge on any atom is 0.266 e. The Morgan fingerprint density at radius 3 is 2.54 bits per heavy atom. The van der Waals surface area contributed by atoms with Crippen LogP contribution in [0.3, 0.4) is 0 Å². The number of amides is 1. The van der Waals surface area contributed by atoms with E-state index in [-0.39, 0.29) is 11.5 Å². The number of halogens is 1. The smallest absolute Gasteiger partial charge is 0.266 e. The number of para-hydroxylation sites is 1. The van der Waals surface area contributed by atoms with E-state index in [2.05, 4.69) is 0 Å². The van der Waals surface area contributed by atoms with Crippen LogP contribution in [0.25, 0.3) is 16.6 Å². The lowest BCUT2D eigenvalue weighted by Crippen LogP contribution is -2.35. The molecular formula is C28H28ClN3O4S. The Kier molecular flexibility index (Phi) is 8.41. The van der Waals surface area contributed by atoms with Gasteiger partial charge in [0.2, 0.25) is 5.91 Å². The second kappa shape index (κ2) is 11.7. The lowest BCUT2D eigenvalue weighted by Gasteiger charge is -2.22. The molecule has 0 saturated carbocycles. The zero-order valence-corrected chi connectivity index (χ0v) is 22.7. The number of carbonyl (C=O) groups excluding carboxylic acids is 1. The van der Waals surface area contributed by atoms with Crippen LogP contribution < -0.4 is 15.0 Å². The van der Waals surface area contributed by atoms with E-state index in [0.29, 0.717) is 51.2 Å². The molecule has 192 valence electrons. The summed E-state index contributed by atoms with van der Waals surface area (Å²) >= 11 is 7.47. The first-order valence-electron chi connectivity index (χ1n) is 11.7. The number of hydrogen-bond acceptors (Lipinski definition) is 6. The van der Waals surface area contributed by atoms with E-state index >= 15 is 0 Å². The topological polar surface area (TPSA) is 73.7 Å². The molecule has 37 heavy (non-hydrogen) atoms. The summed E-state index contributed by atoms with van der Waals surface area (Å²) < 4.78 is 12.2. The van der Waals surface area contributed by atoms with Gasteiger partial charge in [0.05, 0.1) is 36.1 Å². The third-order valence-corrected chi connectivity index (χ3v) is 7.28. The highest BCUT2D eigenvalue weighted by Gasteiger charge is 2.23. The van der Waals surface area contributed by atoms with Crippen LogP contribution in [-0.4, -0.2) is 53.4 Å². The van der Waals surface area contributed by atoms with Gasteiger partial charge in [-0.1, -0.05) is 47.6 Å². The first-order chi connectivity index (χ1) is 17.8. The number of benzene rings is 3. The maximum absolute atomic E-state index is 13.5. The molecule has 1 atom stereocenters. The van der Waals surface area contributed by atoms with Crippen molar-refractivity contribution in [2.24, 2.45) is 0 Å². The normalized spacial score (nSPS) is 11.8. The van der Waals surface area contributed by atoms with Gasteiger partial charge in [-0.25, -0.2) is 4.98 Å². The molecule has 1 unspecified atom stereocenters. The second-order valence-corrected chi connectivity index (χ2v) is 10.2. The number of thioether (sulfide) groups is 1. The zero-order chi connectivity index (χ0) is 26.5. The van der Waals surface area contributed by atoms with Gasteiger partial charge < -0.3 is 14.4 Å². The summed E-state index contributed by atoms with van der Waals surface area (Å²) in [5, 5.41) is 0.958. The van der Waals surface area contributed by atoms with Gasteiger partial charge in [-0.15, -0.1) is 0 Å². The van der Waals surface area contributed by atoms with Crippen molar-refractivity contribution in [3.8, 4) is 17.2 Å². The van der Waals surface area contributed by atoms with Crippen molar-refractivity contribution in [3.63, 3.8) is 0 Å². The predicted molar refractivity (Wildman–Crippen MR) is 149 cm³/mol. The van der Waals surface area contributed by atoms with Crippen molar-refractivity contribution < 1.29 is 14.3 Å². The molecule has 3 aromatic carbocycles. The van der Waals surface area contributed by atoms with E-state index < -0.39 is 5.25 Å². The number of likely N-dealkylation sites (N-methyl/N-ethyl adjacent to an activating group) is 1. The molecule has 7 nitrogen and oxygen atoms in total. The fraction of sp³-hybridized carbons (Fsp3) is 0.250. The zero-order valence-electron chi connectivity index (χ0n) is 21.1.